The first-order valence-electron chi connectivity index (χ1n) is 8.14. The van der Waals surface area contributed by atoms with Crippen LogP contribution in [0.1, 0.15) is 24.0 Å². The Kier molecular flexibility index (Phi) is 2.44. The van der Waals surface area contributed by atoms with Crippen molar-refractivity contribution in [2.24, 2.45) is 5.92 Å². The molecular weight excluding hydrogens is 278 g/mol. The van der Waals surface area contributed by atoms with Crippen LogP contribution >= 0.6 is 0 Å². The molecule has 2 aliphatic carbocycles. The lowest BCUT2D eigenvalue weighted by Crippen LogP contribution is -2.63. The monoisotopic (exact) mass is 299 g/mol. The van der Waals surface area contributed by atoms with E-state index < -0.39 is 0 Å². The molecule has 22 heavy (non-hydrogen) atoms. The van der Waals surface area contributed by atoms with E-state index in [0.717, 1.165) is 43.1 Å². The van der Waals surface area contributed by atoms with E-state index in [2.05, 4.69) is 17.5 Å². The number of piperidine rings is 1. The summed E-state index contributed by atoms with van der Waals surface area (Å²) in [5.41, 5.74) is 2.89. The lowest BCUT2D eigenvalue weighted by Gasteiger charge is -2.54. The Labute approximate surface area is 130 Å². The third kappa shape index (κ3) is 1.29. The highest BCUT2D eigenvalue weighted by Crippen LogP contribution is 2.62. The van der Waals surface area contributed by atoms with Crippen molar-refractivity contribution in [1.29, 1.82) is 0 Å². The van der Waals surface area contributed by atoms with Crippen molar-refractivity contribution in [2.45, 2.75) is 36.8 Å². The molecule has 0 saturated carbocycles. The van der Waals surface area contributed by atoms with Crippen molar-refractivity contribution in [2.75, 3.05) is 20.8 Å². The topological polar surface area (TPSA) is 39.7 Å². The molecular formula is C18H21NO3. The van der Waals surface area contributed by atoms with Gasteiger partial charge in [-0.1, -0.05) is 6.07 Å². The molecule has 1 unspecified atom stereocenters. The maximum absolute atomic E-state index is 6.46. The summed E-state index contributed by atoms with van der Waals surface area (Å²) < 4.78 is 17.7. The van der Waals surface area contributed by atoms with Gasteiger partial charge < -0.3 is 19.5 Å². The second-order valence-electron chi connectivity index (χ2n) is 6.84. The molecule has 2 heterocycles. The molecule has 1 N–H and O–H groups in total. The van der Waals surface area contributed by atoms with Gasteiger partial charge in [0.15, 0.2) is 17.6 Å². The normalized spacial score (nSPS) is 37.0. The fourth-order valence-corrected chi connectivity index (χ4v) is 5.38. The standard InChI is InChI=1S/C18H21NO3/c1-20-13-5-3-10-9-12-11-4-6-14(21-2)17-18(11,7-8-19-12)15(10)16(13)22-17/h3,5-6,11-12,17,19H,4,7-9H2,1-2H3/t11-,12?,17-,18-/m1/s1. The summed E-state index contributed by atoms with van der Waals surface area (Å²) in [4.78, 5) is 0. The lowest BCUT2D eigenvalue weighted by molar-refractivity contribution is 0.0182. The highest BCUT2D eigenvalue weighted by Gasteiger charge is 2.63. The van der Waals surface area contributed by atoms with E-state index in [0.29, 0.717) is 12.0 Å². The SMILES string of the molecule is COC1=CC[C@@H]2C3Cc4ccc(OC)c5c4[C@]2(CCN3)[C@@H]1O5. The van der Waals surface area contributed by atoms with Gasteiger partial charge in [0.2, 0.25) is 0 Å². The Morgan fingerprint density at radius 1 is 1.27 bits per heavy atom. The average molecular weight is 299 g/mol. The fourth-order valence-electron chi connectivity index (χ4n) is 5.38. The first kappa shape index (κ1) is 12.8. The first-order chi connectivity index (χ1) is 10.8. The summed E-state index contributed by atoms with van der Waals surface area (Å²) in [5, 5.41) is 3.73. The Hall–Kier alpha value is -1.68. The summed E-state index contributed by atoms with van der Waals surface area (Å²) in [6.45, 7) is 1.05. The van der Waals surface area contributed by atoms with Gasteiger partial charge in [-0.25, -0.2) is 0 Å². The number of hydrogen-bond acceptors (Lipinski definition) is 4. The van der Waals surface area contributed by atoms with Gasteiger partial charge in [-0.15, -0.1) is 0 Å². The first-order valence-corrected chi connectivity index (χ1v) is 8.14. The van der Waals surface area contributed by atoms with Crippen LogP contribution < -0.4 is 14.8 Å². The summed E-state index contributed by atoms with van der Waals surface area (Å²) >= 11 is 0. The maximum Gasteiger partial charge on any atom is 0.166 e. The van der Waals surface area contributed by atoms with Gasteiger partial charge in [0.05, 0.1) is 14.2 Å². The molecule has 1 aromatic carbocycles. The van der Waals surface area contributed by atoms with E-state index in [-0.39, 0.29) is 11.5 Å². The molecule has 2 aliphatic heterocycles. The van der Waals surface area contributed by atoms with E-state index in [9.17, 15) is 0 Å². The zero-order chi connectivity index (χ0) is 14.9. The smallest absolute Gasteiger partial charge is 0.166 e. The Morgan fingerprint density at radius 3 is 3.00 bits per heavy atom. The van der Waals surface area contributed by atoms with Crippen LogP contribution in [0.3, 0.4) is 0 Å². The van der Waals surface area contributed by atoms with E-state index >= 15 is 0 Å². The van der Waals surface area contributed by atoms with Crippen molar-refractivity contribution in [1.82, 2.24) is 5.32 Å². The van der Waals surface area contributed by atoms with Crippen molar-refractivity contribution in [3.05, 3.63) is 35.1 Å². The lowest BCUT2D eigenvalue weighted by atomic mass is 9.53. The summed E-state index contributed by atoms with van der Waals surface area (Å²) in [7, 11) is 3.48. The van der Waals surface area contributed by atoms with Crippen molar-refractivity contribution in [3.8, 4) is 11.5 Å². The van der Waals surface area contributed by atoms with Crippen molar-refractivity contribution in [3.63, 3.8) is 0 Å². The summed E-state index contributed by atoms with van der Waals surface area (Å²) in [6.07, 6.45) is 5.50. The third-order valence-electron chi connectivity index (χ3n) is 6.20. The second kappa shape index (κ2) is 4.19. The Morgan fingerprint density at radius 2 is 2.18 bits per heavy atom. The minimum absolute atomic E-state index is 0.00574. The Balaban J connectivity index is 1.81. The van der Waals surface area contributed by atoms with Gasteiger partial charge >= 0.3 is 0 Å². The molecule has 0 amide bonds. The predicted molar refractivity (Wildman–Crippen MR) is 82.4 cm³/mol. The number of allylic oxidation sites excluding steroid dienone is 1. The maximum atomic E-state index is 6.46. The van der Waals surface area contributed by atoms with Crippen molar-refractivity contribution >= 4 is 0 Å². The fraction of sp³-hybridized carbons (Fsp3) is 0.556. The van der Waals surface area contributed by atoms with Crippen LogP contribution in [0.5, 0.6) is 11.5 Å². The van der Waals surface area contributed by atoms with Gasteiger partial charge in [-0.3, -0.25) is 0 Å². The van der Waals surface area contributed by atoms with Crippen LogP contribution in [0.25, 0.3) is 0 Å². The molecule has 1 aromatic rings. The van der Waals surface area contributed by atoms with Crippen molar-refractivity contribution < 1.29 is 14.2 Å². The zero-order valence-corrected chi connectivity index (χ0v) is 13.0. The van der Waals surface area contributed by atoms with E-state index in [4.69, 9.17) is 14.2 Å². The van der Waals surface area contributed by atoms with E-state index in [1.54, 1.807) is 14.2 Å². The predicted octanol–water partition coefficient (Wildman–Crippen LogP) is 2.16. The highest BCUT2D eigenvalue weighted by atomic mass is 16.6. The van der Waals surface area contributed by atoms with Crippen LogP contribution in [-0.4, -0.2) is 32.9 Å². The van der Waals surface area contributed by atoms with Gasteiger partial charge in [-0.2, -0.15) is 0 Å². The molecule has 4 nitrogen and oxygen atoms in total. The number of hydrogen-bond donors (Lipinski definition) is 1. The highest BCUT2D eigenvalue weighted by molar-refractivity contribution is 5.62. The van der Waals surface area contributed by atoms with Crippen LogP contribution in [0.15, 0.2) is 24.0 Å². The van der Waals surface area contributed by atoms with Gasteiger partial charge in [0.25, 0.3) is 0 Å². The molecule has 1 fully saturated rings. The van der Waals surface area contributed by atoms with Gasteiger partial charge in [-0.05, 0) is 49.4 Å². The van der Waals surface area contributed by atoms with E-state index in [1.165, 1.54) is 11.1 Å². The van der Waals surface area contributed by atoms with E-state index in [1.807, 2.05) is 6.07 Å². The molecule has 0 radical (unpaired) electrons. The summed E-state index contributed by atoms with van der Waals surface area (Å²) in [6, 6.07) is 4.82. The van der Waals surface area contributed by atoms with Crippen LogP contribution in [-0.2, 0) is 16.6 Å². The molecule has 2 bridgehead atoms. The third-order valence-corrected chi connectivity index (χ3v) is 6.20. The average Bonchev–Trinajstić information content (AvgIpc) is 2.88. The number of methoxy groups -OCH3 is 2. The Bertz CT molecular complexity index is 683. The second-order valence-corrected chi connectivity index (χ2v) is 6.84. The minimum Gasteiger partial charge on any atom is -0.497 e. The van der Waals surface area contributed by atoms with Gasteiger partial charge in [0.1, 0.15) is 5.76 Å². The quantitative estimate of drug-likeness (QED) is 0.908. The van der Waals surface area contributed by atoms with Crippen LogP contribution in [0, 0.1) is 5.92 Å². The molecule has 116 valence electrons. The molecule has 4 aliphatic rings. The molecule has 1 spiro atoms. The van der Waals surface area contributed by atoms with Crippen LogP contribution in [0.2, 0.25) is 0 Å². The molecule has 1 saturated heterocycles. The largest absolute Gasteiger partial charge is 0.497 e. The van der Waals surface area contributed by atoms with Crippen LogP contribution in [0.4, 0.5) is 0 Å². The molecule has 0 aromatic heterocycles. The summed E-state index contributed by atoms with van der Waals surface area (Å²) in [5.74, 6) is 3.39. The molecule has 4 atom stereocenters. The number of rotatable bonds is 2. The minimum atomic E-state index is 0.00574. The number of ether oxygens (including phenoxy) is 3. The zero-order valence-electron chi connectivity index (χ0n) is 13.0. The van der Waals surface area contributed by atoms with Gasteiger partial charge in [0, 0.05) is 17.0 Å². The molecule has 4 heteroatoms. The number of benzene rings is 1. The number of nitrogens with one attached hydrogen (secondary N) is 1. The molecule has 5 rings (SSSR count).